The van der Waals surface area contributed by atoms with Gasteiger partial charge in [0.25, 0.3) is 0 Å². The molecule has 0 N–H and O–H groups in total. The maximum atomic E-state index is 10.8. The molecule has 0 atom stereocenters. The van der Waals surface area contributed by atoms with Crippen LogP contribution >= 0.6 is 35.5 Å². The Balaban J connectivity index is 0.000000671. The molecule has 0 aliphatic heterocycles. The van der Waals surface area contributed by atoms with Gasteiger partial charge in [-0.25, -0.2) is 0 Å². The second-order valence-corrected chi connectivity index (χ2v) is 3.13. The molecule has 1 heterocycles. The molecule has 0 aliphatic carbocycles. The third-order valence-electron chi connectivity index (χ3n) is 1.30. The first-order valence-electron chi connectivity index (χ1n) is 3.39. The number of rotatable bonds is 1. The van der Waals surface area contributed by atoms with E-state index < -0.39 is 0 Å². The number of nitrogens with zero attached hydrogens (tertiary/aromatic N) is 2. The van der Waals surface area contributed by atoms with Crippen molar-refractivity contribution in [1.82, 2.24) is 2.78 Å². The molecule has 3 nitrogen and oxygen atoms in total. The first kappa shape index (κ1) is 12.5. The number of thiol groups is 1. The molecule has 1 rings (SSSR count). The Hall–Kier alpha value is -0.480. The highest BCUT2D eigenvalue weighted by Crippen LogP contribution is 2.10. The second kappa shape index (κ2) is 6.05. The van der Waals surface area contributed by atoms with E-state index in [1.54, 1.807) is 21.3 Å². The van der Waals surface area contributed by atoms with Crippen molar-refractivity contribution in [3.63, 3.8) is 0 Å². The van der Waals surface area contributed by atoms with Gasteiger partial charge in [0.15, 0.2) is 5.78 Å². The first-order chi connectivity index (χ1) is 6.15. The summed E-state index contributed by atoms with van der Waals surface area (Å²) in [4.78, 5) is 10.8. The fraction of sp³-hybridized carbons (Fsp3) is 0.250. The number of Topliss-reactive ketones (excluding diaryl/α,β-unsaturated/α-hetero) is 1. The van der Waals surface area contributed by atoms with E-state index in [1.165, 1.54) is 6.92 Å². The van der Waals surface area contributed by atoms with E-state index in [0.717, 1.165) is 0 Å². The van der Waals surface area contributed by atoms with Crippen molar-refractivity contribution in [2.45, 2.75) is 6.92 Å². The van der Waals surface area contributed by atoms with Gasteiger partial charge in [-0.05, 0) is 19.2 Å². The highest BCUT2D eigenvalue weighted by Gasteiger charge is 2.05. The maximum Gasteiger partial charge on any atom is 0.161 e. The summed E-state index contributed by atoms with van der Waals surface area (Å²) in [6.45, 7) is 1.48. The molecule has 1 aromatic rings. The lowest BCUT2D eigenvalue weighted by Crippen LogP contribution is -1.86. The van der Waals surface area contributed by atoms with Crippen LogP contribution in [-0.2, 0) is 0 Å². The molecule has 1 aromatic heterocycles. The van der Waals surface area contributed by atoms with Gasteiger partial charge in [0.05, 0.1) is 22.9 Å². The number of carbonyl (C=O) groups excluding carboxylic acids is 1. The Morgan fingerprint density at radius 1 is 1.69 bits per heavy atom. The van der Waals surface area contributed by atoms with Crippen LogP contribution in [0.4, 0.5) is 0 Å². The van der Waals surface area contributed by atoms with Gasteiger partial charge in [-0.1, -0.05) is 0 Å². The van der Waals surface area contributed by atoms with Crippen molar-refractivity contribution >= 4 is 41.3 Å². The van der Waals surface area contributed by atoms with Crippen molar-refractivity contribution in [1.29, 1.82) is 5.26 Å². The number of carbonyl (C=O) groups is 1. The fourth-order valence-electron chi connectivity index (χ4n) is 0.710. The summed E-state index contributed by atoms with van der Waals surface area (Å²) in [6, 6.07) is 3.55. The van der Waals surface area contributed by atoms with E-state index >= 15 is 0 Å². The van der Waals surface area contributed by atoms with Gasteiger partial charge in [0.1, 0.15) is 11.8 Å². The van der Waals surface area contributed by atoms with Crippen LogP contribution in [0.3, 0.4) is 0 Å². The van der Waals surface area contributed by atoms with E-state index in [1.807, 2.05) is 28.9 Å². The number of aromatic nitrogens is 1. The van der Waals surface area contributed by atoms with Gasteiger partial charge in [0, 0.05) is 11.8 Å². The van der Waals surface area contributed by atoms with Gasteiger partial charge in [0.2, 0.25) is 0 Å². The van der Waals surface area contributed by atoms with Crippen molar-refractivity contribution in [3.8, 4) is 6.07 Å². The molecule has 0 spiro atoms. The van der Waals surface area contributed by atoms with Crippen LogP contribution in [0.1, 0.15) is 23.0 Å². The molecular weight excluding hydrogens is 299 g/mol. The Labute approximate surface area is 96.6 Å². The van der Waals surface area contributed by atoms with Crippen molar-refractivity contribution in [2.75, 3.05) is 6.26 Å². The molecule has 0 saturated heterocycles. The molecule has 0 saturated carbocycles. The number of halogens is 1. The standard InChI is InChI=1S/C7H5IN2O.CH4S/c1-5(11)6-2-7(3-9)10(8)4-6;1-2/h2,4H,1H3;2H,1H3. The highest BCUT2D eigenvalue weighted by atomic mass is 127. The average Bonchev–Trinajstić information content (AvgIpc) is 2.50. The predicted octanol–water partition coefficient (Wildman–Crippen LogP) is 2.31. The summed E-state index contributed by atoms with van der Waals surface area (Å²) in [6.07, 6.45) is 3.33. The van der Waals surface area contributed by atoms with Crippen molar-refractivity contribution in [3.05, 3.63) is 23.5 Å². The fourth-order valence-corrected chi connectivity index (χ4v) is 1.26. The quantitative estimate of drug-likeness (QED) is 0.491. The monoisotopic (exact) mass is 308 g/mol. The summed E-state index contributed by atoms with van der Waals surface area (Å²) < 4.78 is 1.61. The van der Waals surface area contributed by atoms with Crippen molar-refractivity contribution < 1.29 is 4.79 Å². The van der Waals surface area contributed by atoms with Gasteiger partial charge in [-0.2, -0.15) is 17.9 Å². The Morgan fingerprint density at radius 2 is 2.23 bits per heavy atom. The molecular formula is C8H9IN2OS. The number of hydrogen-bond acceptors (Lipinski definition) is 3. The molecule has 13 heavy (non-hydrogen) atoms. The molecule has 0 bridgehead atoms. The summed E-state index contributed by atoms with van der Waals surface area (Å²) in [5.74, 6) is -0.0167. The molecule has 0 unspecified atom stereocenters. The van der Waals surface area contributed by atoms with E-state index in [9.17, 15) is 4.79 Å². The normalized spacial score (nSPS) is 8.23. The van der Waals surface area contributed by atoms with Crippen LogP contribution in [0.2, 0.25) is 0 Å². The predicted molar refractivity (Wildman–Crippen MR) is 63.5 cm³/mol. The molecule has 0 radical (unpaired) electrons. The molecule has 0 fully saturated rings. The third kappa shape index (κ3) is 3.40. The van der Waals surface area contributed by atoms with E-state index in [-0.39, 0.29) is 5.78 Å². The van der Waals surface area contributed by atoms with Crippen molar-refractivity contribution in [2.24, 2.45) is 0 Å². The Morgan fingerprint density at radius 3 is 2.46 bits per heavy atom. The van der Waals surface area contributed by atoms with E-state index in [2.05, 4.69) is 12.6 Å². The van der Waals surface area contributed by atoms with Crippen LogP contribution < -0.4 is 0 Å². The lowest BCUT2D eigenvalue weighted by molar-refractivity contribution is 0.101. The van der Waals surface area contributed by atoms with E-state index in [4.69, 9.17) is 5.26 Å². The molecule has 0 aromatic carbocycles. The average molecular weight is 308 g/mol. The highest BCUT2D eigenvalue weighted by molar-refractivity contribution is 14.1. The van der Waals surface area contributed by atoms with Crippen LogP contribution in [0.5, 0.6) is 0 Å². The topological polar surface area (TPSA) is 45.8 Å². The number of hydrogen-bond donors (Lipinski definition) is 1. The SMILES string of the molecule is CC(=O)c1cc(C#N)n(I)c1.CS. The maximum absolute atomic E-state index is 10.8. The molecule has 0 aliphatic rings. The minimum atomic E-state index is -0.0167. The largest absolute Gasteiger partial charge is 0.294 e. The summed E-state index contributed by atoms with van der Waals surface area (Å²) in [5, 5.41) is 8.53. The zero-order valence-corrected chi connectivity index (χ0v) is 10.3. The number of nitriles is 1. The zero-order chi connectivity index (χ0) is 10.4. The minimum absolute atomic E-state index is 0.0167. The van der Waals surface area contributed by atoms with Gasteiger partial charge >= 0.3 is 0 Å². The van der Waals surface area contributed by atoms with Gasteiger partial charge in [-0.3, -0.25) is 7.58 Å². The second-order valence-electron chi connectivity index (χ2n) is 2.09. The van der Waals surface area contributed by atoms with Crippen LogP contribution in [0.15, 0.2) is 12.3 Å². The minimum Gasteiger partial charge on any atom is -0.294 e. The van der Waals surface area contributed by atoms with Gasteiger partial charge < -0.3 is 0 Å². The zero-order valence-electron chi connectivity index (χ0n) is 7.28. The Kier molecular flexibility index (Phi) is 5.82. The van der Waals surface area contributed by atoms with E-state index in [0.29, 0.717) is 11.3 Å². The third-order valence-corrected chi connectivity index (χ3v) is 2.09. The summed E-state index contributed by atoms with van der Waals surface area (Å²) >= 11 is 5.48. The number of ketones is 1. The Bertz CT molecular complexity index is 340. The van der Waals surface area contributed by atoms with Crippen LogP contribution in [0.25, 0.3) is 0 Å². The molecule has 70 valence electrons. The summed E-state index contributed by atoms with van der Waals surface area (Å²) in [5.41, 5.74) is 1.08. The van der Waals surface area contributed by atoms with Gasteiger partial charge in [-0.15, -0.1) is 0 Å². The lowest BCUT2D eigenvalue weighted by Gasteiger charge is -1.84. The summed E-state index contributed by atoms with van der Waals surface area (Å²) in [7, 11) is 0. The van der Waals surface area contributed by atoms with Crippen LogP contribution in [0, 0.1) is 11.3 Å². The lowest BCUT2D eigenvalue weighted by atomic mass is 10.2. The molecule has 0 amide bonds. The smallest absolute Gasteiger partial charge is 0.161 e. The van der Waals surface area contributed by atoms with Crippen LogP contribution in [-0.4, -0.2) is 14.8 Å². The molecule has 5 heteroatoms. The first-order valence-corrected chi connectivity index (χ1v) is 5.25.